The van der Waals surface area contributed by atoms with Gasteiger partial charge in [0, 0.05) is 0 Å². The zero-order valence-corrected chi connectivity index (χ0v) is 33.9. The highest BCUT2D eigenvalue weighted by atomic mass is 32.2. The van der Waals surface area contributed by atoms with Crippen LogP contribution < -0.4 is 0 Å². The number of carbonyl (C=O) groups is 2. The van der Waals surface area contributed by atoms with E-state index in [2.05, 4.69) is 13.8 Å². The second-order valence-corrected chi connectivity index (χ2v) is 15.7. The fourth-order valence-electron chi connectivity index (χ4n) is 6.46. The summed E-state index contributed by atoms with van der Waals surface area (Å²) in [6, 6.07) is 3.66. The molecule has 0 aromatic heterocycles. The predicted octanol–water partition coefficient (Wildman–Crippen LogP) is 13.3. The normalized spacial score (nSPS) is 11.9. The van der Waals surface area contributed by atoms with Crippen LogP contribution in [0.25, 0.3) is 0 Å². The van der Waals surface area contributed by atoms with Crippen molar-refractivity contribution < 1.29 is 32.0 Å². The van der Waals surface area contributed by atoms with Gasteiger partial charge in [-0.3, -0.25) is 4.55 Å². The molecule has 8 heteroatoms. The zero-order valence-electron chi connectivity index (χ0n) is 33.1. The molecule has 0 bridgehead atoms. The largest absolute Gasteiger partial charge is 0.458 e. The monoisotopic (exact) mass is 747 g/mol. The molecule has 0 amide bonds. The third kappa shape index (κ3) is 25.5. The van der Waals surface area contributed by atoms with Gasteiger partial charge in [0.15, 0.2) is 0 Å². The minimum atomic E-state index is -4.79. The van der Waals surface area contributed by atoms with Crippen molar-refractivity contribution in [3.05, 3.63) is 53.6 Å². The van der Waals surface area contributed by atoms with Gasteiger partial charge in [0.1, 0.15) is 18.1 Å². The molecule has 0 saturated heterocycles. The van der Waals surface area contributed by atoms with Gasteiger partial charge in [-0.2, -0.15) is 8.42 Å². The maximum absolute atomic E-state index is 13.0. The summed E-state index contributed by atoms with van der Waals surface area (Å²) in [6.07, 6.45) is 42.9. The summed E-state index contributed by atoms with van der Waals surface area (Å²) in [5.41, 5.74) is -0.781. The number of ether oxygens (including phenoxy) is 2. The van der Waals surface area contributed by atoms with Gasteiger partial charge in [-0.1, -0.05) is 198 Å². The highest BCUT2D eigenvalue weighted by Gasteiger charge is 2.28. The molecule has 0 radical (unpaired) electrons. The number of esters is 2. The second-order valence-electron chi connectivity index (χ2n) is 14.4. The average molecular weight is 747 g/mol. The Hall–Kier alpha value is -2.45. The van der Waals surface area contributed by atoms with Crippen LogP contribution in [0.2, 0.25) is 0 Å². The number of unbranched alkanes of at least 4 members (excludes halogenated alkanes) is 26. The molecule has 52 heavy (non-hydrogen) atoms. The lowest BCUT2D eigenvalue weighted by Gasteiger charge is -2.11. The summed E-state index contributed by atoms with van der Waals surface area (Å²) in [5.74, 6) is -1.87. The first-order chi connectivity index (χ1) is 25.3. The third-order valence-corrected chi connectivity index (χ3v) is 10.5. The molecule has 0 unspecified atom stereocenters. The lowest BCUT2D eigenvalue weighted by molar-refractivity contribution is 0.0499. The Morgan fingerprint density at radius 3 is 1.23 bits per heavy atom. The number of hydrogen-bond donors (Lipinski definition) is 1. The van der Waals surface area contributed by atoms with Gasteiger partial charge < -0.3 is 9.47 Å². The Labute approximate surface area is 318 Å². The minimum Gasteiger partial charge on any atom is -0.458 e. The molecular weight excluding hydrogens is 673 g/mol. The molecule has 0 heterocycles. The van der Waals surface area contributed by atoms with E-state index >= 15 is 0 Å². The van der Waals surface area contributed by atoms with Gasteiger partial charge >= 0.3 is 11.9 Å². The van der Waals surface area contributed by atoms with Crippen LogP contribution in [-0.2, 0) is 19.6 Å². The molecule has 298 valence electrons. The van der Waals surface area contributed by atoms with E-state index in [1.54, 1.807) is 12.2 Å². The molecule has 7 nitrogen and oxygen atoms in total. The van der Waals surface area contributed by atoms with E-state index in [0.717, 1.165) is 38.2 Å². The summed E-state index contributed by atoms with van der Waals surface area (Å²) in [4.78, 5) is 25.2. The van der Waals surface area contributed by atoms with E-state index in [9.17, 15) is 22.6 Å². The van der Waals surface area contributed by atoms with E-state index < -0.39 is 32.5 Å². The summed E-state index contributed by atoms with van der Waals surface area (Å²) in [7, 11) is -4.79. The van der Waals surface area contributed by atoms with Crippen LogP contribution in [0.1, 0.15) is 214 Å². The molecule has 1 N–H and O–H groups in total. The molecule has 0 fully saturated rings. The molecule has 1 aromatic rings. The Kier molecular flexibility index (Phi) is 30.3. The first-order valence-corrected chi connectivity index (χ1v) is 22.5. The minimum absolute atomic E-state index is 0.0101. The predicted molar refractivity (Wildman–Crippen MR) is 216 cm³/mol. The van der Waals surface area contributed by atoms with Crippen molar-refractivity contribution >= 4 is 22.1 Å². The van der Waals surface area contributed by atoms with Gasteiger partial charge in [-0.15, -0.1) is 0 Å². The average Bonchev–Trinajstić information content (AvgIpc) is 3.13. The molecular formula is C44H74O7S. The lowest BCUT2D eigenvalue weighted by Crippen LogP contribution is -2.18. The fraction of sp³-hybridized carbons (Fsp3) is 0.727. The molecule has 0 atom stereocenters. The van der Waals surface area contributed by atoms with E-state index in [4.69, 9.17) is 9.47 Å². The highest BCUT2D eigenvalue weighted by Crippen LogP contribution is 2.22. The maximum Gasteiger partial charge on any atom is 0.340 e. The van der Waals surface area contributed by atoms with E-state index in [-0.39, 0.29) is 18.8 Å². The van der Waals surface area contributed by atoms with Gasteiger partial charge in [-0.25, -0.2) is 9.59 Å². The van der Waals surface area contributed by atoms with E-state index in [1.165, 1.54) is 160 Å². The van der Waals surface area contributed by atoms with Gasteiger partial charge in [-0.05, 0) is 37.8 Å². The molecule has 1 aromatic carbocycles. The number of carbonyl (C=O) groups excluding carboxylic acids is 2. The van der Waals surface area contributed by atoms with Gasteiger partial charge in [0.05, 0.1) is 11.1 Å². The molecule has 0 aliphatic rings. The number of rotatable bonds is 35. The smallest absolute Gasteiger partial charge is 0.340 e. The van der Waals surface area contributed by atoms with Gasteiger partial charge in [0.25, 0.3) is 10.1 Å². The van der Waals surface area contributed by atoms with Crippen LogP contribution in [-0.4, -0.2) is 38.1 Å². The SMILES string of the molecule is CCCCCCCCCCCCCCC/C=C/COC(=O)c1cccc(S(=O)(=O)O)c1C(=O)OC/C=C/CCCCCCCCCCCCCCC. The van der Waals surface area contributed by atoms with Gasteiger partial charge in [0.2, 0.25) is 0 Å². The van der Waals surface area contributed by atoms with Crippen LogP contribution in [0, 0.1) is 0 Å². The second kappa shape index (κ2) is 33.1. The zero-order chi connectivity index (χ0) is 38.0. The first kappa shape index (κ1) is 47.6. The molecule has 0 aliphatic heterocycles. The maximum atomic E-state index is 13.0. The Morgan fingerprint density at radius 1 is 0.519 bits per heavy atom. The lowest BCUT2D eigenvalue weighted by atomic mass is 10.0. The van der Waals surface area contributed by atoms with Crippen LogP contribution in [0.5, 0.6) is 0 Å². The number of allylic oxidation sites excluding steroid dienone is 2. The summed E-state index contributed by atoms with van der Waals surface area (Å²) in [5, 5.41) is 0. The summed E-state index contributed by atoms with van der Waals surface area (Å²) < 4.78 is 44.5. The molecule has 1 rings (SSSR count). The van der Waals surface area contributed by atoms with Crippen LogP contribution >= 0.6 is 0 Å². The Balaban J connectivity index is 2.31. The van der Waals surface area contributed by atoms with E-state index in [0.29, 0.717) is 0 Å². The summed E-state index contributed by atoms with van der Waals surface area (Å²) >= 11 is 0. The molecule has 0 aliphatic carbocycles. The summed E-state index contributed by atoms with van der Waals surface area (Å²) in [6.45, 7) is 4.42. The van der Waals surface area contributed by atoms with Crippen molar-refractivity contribution in [3.8, 4) is 0 Å². The van der Waals surface area contributed by atoms with Crippen molar-refractivity contribution in [1.82, 2.24) is 0 Å². The molecule has 0 spiro atoms. The Morgan fingerprint density at radius 2 is 0.865 bits per heavy atom. The molecule has 0 saturated carbocycles. The van der Waals surface area contributed by atoms with Crippen molar-refractivity contribution in [2.45, 2.75) is 199 Å². The van der Waals surface area contributed by atoms with Crippen LogP contribution in [0.3, 0.4) is 0 Å². The van der Waals surface area contributed by atoms with Crippen LogP contribution in [0.4, 0.5) is 0 Å². The quantitative estimate of drug-likeness (QED) is 0.0319. The Bertz CT molecular complexity index is 1200. The third-order valence-electron chi connectivity index (χ3n) is 9.63. The van der Waals surface area contributed by atoms with Crippen LogP contribution in [0.15, 0.2) is 47.4 Å². The topological polar surface area (TPSA) is 107 Å². The van der Waals surface area contributed by atoms with Crippen molar-refractivity contribution in [1.29, 1.82) is 0 Å². The number of benzene rings is 1. The van der Waals surface area contributed by atoms with Crippen molar-refractivity contribution in [2.24, 2.45) is 0 Å². The number of hydrogen-bond acceptors (Lipinski definition) is 6. The highest BCUT2D eigenvalue weighted by molar-refractivity contribution is 7.86. The fourth-order valence-corrected chi connectivity index (χ4v) is 7.16. The first-order valence-electron chi connectivity index (χ1n) is 21.1. The van der Waals surface area contributed by atoms with E-state index in [1.807, 2.05) is 12.2 Å². The standard InChI is InChI=1S/C44H74O7S/c1-3-5-7-9-11-13-15-17-19-21-23-25-27-29-31-33-38-50-43(45)40-36-35-37-41(52(47,48)49)42(40)44(46)51-39-34-32-30-28-26-24-22-20-18-16-14-12-10-8-6-4-2/h31-37H,3-30,38-39H2,1-2H3,(H,47,48,49)/b33-31+,34-32+. The van der Waals surface area contributed by atoms with Crippen molar-refractivity contribution in [3.63, 3.8) is 0 Å². The van der Waals surface area contributed by atoms with Crippen molar-refractivity contribution in [2.75, 3.05) is 13.2 Å².